The lowest BCUT2D eigenvalue weighted by molar-refractivity contribution is 0.0974. The van der Waals surface area contributed by atoms with E-state index in [2.05, 4.69) is 32.4 Å². The molecule has 4 heterocycles. The maximum Gasteiger partial charge on any atom is 0.131 e. The summed E-state index contributed by atoms with van der Waals surface area (Å²) in [6.07, 6.45) is 5.39. The highest BCUT2D eigenvalue weighted by molar-refractivity contribution is 5.47. The zero-order valence-electron chi connectivity index (χ0n) is 11.6. The highest BCUT2D eigenvalue weighted by Gasteiger charge is 2.34. The molecule has 4 rings (SSSR count). The Morgan fingerprint density at radius 1 is 1.26 bits per heavy atom. The highest BCUT2D eigenvalue weighted by atomic mass is 15.2. The predicted octanol–water partition coefficient (Wildman–Crippen LogP) is 1.80. The molecule has 104 valence electrons. The van der Waals surface area contributed by atoms with Gasteiger partial charge in [-0.25, -0.2) is 9.97 Å². The van der Waals surface area contributed by atoms with Gasteiger partial charge in [-0.15, -0.1) is 0 Å². The van der Waals surface area contributed by atoms with Crippen molar-refractivity contribution in [3.8, 4) is 0 Å². The van der Waals surface area contributed by atoms with Crippen LogP contribution < -0.4 is 10.6 Å². The molecule has 0 saturated carbocycles. The monoisotopic (exact) mass is 261 g/mol. The molecule has 3 aliphatic rings. The second-order valence-electron chi connectivity index (χ2n) is 5.60. The molecule has 3 aliphatic heterocycles. The first-order valence-corrected chi connectivity index (χ1v) is 7.40. The minimum Gasteiger partial charge on any atom is -0.370 e. The van der Waals surface area contributed by atoms with E-state index >= 15 is 0 Å². The molecular weight excluding hydrogens is 238 g/mol. The van der Waals surface area contributed by atoms with Crippen LogP contribution in [0.1, 0.15) is 26.2 Å². The largest absolute Gasteiger partial charge is 0.370 e. The van der Waals surface area contributed by atoms with Crippen molar-refractivity contribution in [1.82, 2.24) is 14.9 Å². The second kappa shape index (κ2) is 5.74. The van der Waals surface area contributed by atoms with Gasteiger partial charge in [0.1, 0.15) is 18.0 Å². The first kappa shape index (κ1) is 12.7. The minimum absolute atomic E-state index is 0.552. The van der Waals surface area contributed by atoms with E-state index < -0.39 is 0 Å². The van der Waals surface area contributed by atoms with Gasteiger partial charge in [-0.1, -0.05) is 6.92 Å². The number of hydrogen-bond acceptors (Lipinski definition) is 5. The van der Waals surface area contributed by atoms with Gasteiger partial charge in [0.15, 0.2) is 0 Å². The lowest BCUT2D eigenvalue weighted by Gasteiger charge is -2.45. The first-order valence-electron chi connectivity index (χ1n) is 7.40. The minimum atomic E-state index is 0.552. The topological polar surface area (TPSA) is 53.1 Å². The molecule has 3 fully saturated rings. The summed E-state index contributed by atoms with van der Waals surface area (Å²) in [5.74, 6) is 2.68. The average molecular weight is 261 g/mol. The molecule has 0 amide bonds. The molecule has 1 aromatic heterocycles. The quantitative estimate of drug-likeness (QED) is 0.846. The van der Waals surface area contributed by atoms with Crippen LogP contribution in [0.25, 0.3) is 0 Å². The standard InChI is InChI=1S/C14H23N5/c1-2-5-15-13-8-14(17-10-16-13)18-12-9-19-6-3-11(12)4-7-19/h8,10-12H,2-7,9H2,1H3,(H2,15,16,17,18). The van der Waals surface area contributed by atoms with Crippen LogP contribution in [0, 0.1) is 5.92 Å². The molecule has 3 saturated heterocycles. The van der Waals surface area contributed by atoms with E-state index in [0.29, 0.717) is 6.04 Å². The third-order valence-electron chi connectivity index (χ3n) is 4.21. The summed E-state index contributed by atoms with van der Waals surface area (Å²) in [5, 5.41) is 6.90. The Kier molecular flexibility index (Phi) is 3.82. The maximum absolute atomic E-state index is 4.34. The van der Waals surface area contributed by atoms with Gasteiger partial charge in [-0.05, 0) is 38.3 Å². The smallest absolute Gasteiger partial charge is 0.131 e. The number of fused-ring (bicyclic) bond motifs is 3. The fourth-order valence-electron chi connectivity index (χ4n) is 3.10. The predicted molar refractivity (Wildman–Crippen MR) is 77.4 cm³/mol. The first-order chi connectivity index (χ1) is 9.35. The normalized spacial score (nSPS) is 29.2. The molecular formula is C14H23N5. The number of hydrogen-bond donors (Lipinski definition) is 2. The molecule has 0 aromatic carbocycles. The fourth-order valence-corrected chi connectivity index (χ4v) is 3.10. The molecule has 0 spiro atoms. The molecule has 1 aromatic rings. The Morgan fingerprint density at radius 2 is 2.05 bits per heavy atom. The van der Waals surface area contributed by atoms with Crippen molar-refractivity contribution in [3.05, 3.63) is 12.4 Å². The number of rotatable bonds is 5. The maximum atomic E-state index is 4.34. The third kappa shape index (κ3) is 2.97. The molecule has 0 radical (unpaired) electrons. The Bertz CT molecular complexity index is 414. The van der Waals surface area contributed by atoms with E-state index in [-0.39, 0.29) is 0 Å². The molecule has 2 bridgehead atoms. The van der Waals surface area contributed by atoms with Crippen LogP contribution in [0.2, 0.25) is 0 Å². The van der Waals surface area contributed by atoms with Gasteiger partial charge in [0.05, 0.1) is 0 Å². The van der Waals surface area contributed by atoms with Crippen molar-refractivity contribution < 1.29 is 0 Å². The van der Waals surface area contributed by atoms with Crippen molar-refractivity contribution in [3.63, 3.8) is 0 Å². The summed E-state index contributed by atoms with van der Waals surface area (Å²) in [6.45, 7) is 6.81. The second-order valence-corrected chi connectivity index (χ2v) is 5.60. The van der Waals surface area contributed by atoms with Crippen molar-refractivity contribution in [2.45, 2.75) is 32.2 Å². The zero-order chi connectivity index (χ0) is 13.1. The van der Waals surface area contributed by atoms with E-state index in [1.165, 1.54) is 25.9 Å². The summed E-state index contributed by atoms with van der Waals surface area (Å²) in [4.78, 5) is 11.1. The van der Waals surface area contributed by atoms with Gasteiger partial charge in [-0.3, -0.25) is 0 Å². The number of nitrogens with zero attached hydrogens (tertiary/aromatic N) is 3. The van der Waals surface area contributed by atoms with Gasteiger partial charge in [-0.2, -0.15) is 0 Å². The van der Waals surface area contributed by atoms with Gasteiger partial charge in [0.2, 0.25) is 0 Å². The Balaban J connectivity index is 1.63. The molecule has 0 aliphatic carbocycles. The zero-order valence-corrected chi connectivity index (χ0v) is 11.6. The van der Waals surface area contributed by atoms with Crippen LogP contribution in [-0.2, 0) is 0 Å². The van der Waals surface area contributed by atoms with Crippen molar-refractivity contribution >= 4 is 11.6 Å². The van der Waals surface area contributed by atoms with Crippen molar-refractivity contribution in [2.75, 3.05) is 36.8 Å². The van der Waals surface area contributed by atoms with Crippen LogP contribution in [0.3, 0.4) is 0 Å². The van der Waals surface area contributed by atoms with Gasteiger partial charge in [0, 0.05) is 25.2 Å². The van der Waals surface area contributed by atoms with Gasteiger partial charge >= 0.3 is 0 Å². The van der Waals surface area contributed by atoms with Crippen molar-refractivity contribution in [1.29, 1.82) is 0 Å². The summed E-state index contributed by atoms with van der Waals surface area (Å²) in [7, 11) is 0. The van der Waals surface area contributed by atoms with Crippen LogP contribution in [0.15, 0.2) is 12.4 Å². The SMILES string of the molecule is CCCNc1cc(NC2CN3CCC2CC3)ncn1. The molecule has 5 nitrogen and oxygen atoms in total. The number of anilines is 2. The van der Waals surface area contributed by atoms with E-state index in [1.54, 1.807) is 6.33 Å². The summed E-state index contributed by atoms with van der Waals surface area (Å²) in [6, 6.07) is 2.57. The Labute approximate surface area is 114 Å². The molecule has 2 N–H and O–H groups in total. The number of piperidine rings is 3. The molecule has 1 unspecified atom stereocenters. The third-order valence-corrected chi connectivity index (χ3v) is 4.21. The van der Waals surface area contributed by atoms with E-state index in [4.69, 9.17) is 0 Å². The van der Waals surface area contributed by atoms with Crippen LogP contribution in [0.4, 0.5) is 11.6 Å². The number of aromatic nitrogens is 2. The van der Waals surface area contributed by atoms with Gasteiger partial charge in [0.25, 0.3) is 0 Å². The van der Waals surface area contributed by atoms with Crippen LogP contribution in [-0.4, -0.2) is 47.1 Å². The summed E-state index contributed by atoms with van der Waals surface area (Å²) in [5.41, 5.74) is 0. The molecule has 5 heteroatoms. The Hall–Kier alpha value is -1.36. The average Bonchev–Trinajstić information content (AvgIpc) is 2.47. The lowest BCUT2D eigenvalue weighted by Crippen LogP contribution is -2.53. The molecule has 1 atom stereocenters. The highest BCUT2D eigenvalue weighted by Crippen LogP contribution is 2.29. The lowest BCUT2D eigenvalue weighted by atomic mass is 9.84. The van der Waals surface area contributed by atoms with Gasteiger partial charge < -0.3 is 15.5 Å². The van der Waals surface area contributed by atoms with Crippen LogP contribution in [0.5, 0.6) is 0 Å². The van der Waals surface area contributed by atoms with E-state index in [1.807, 2.05) is 6.07 Å². The molecule has 19 heavy (non-hydrogen) atoms. The Morgan fingerprint density at radius 3 is 2.74 bits per heavy atom. The fraction of sp³-hybridized carbons (Fsp3) is 0.714. The summed E-state index contributed by atoms with van der Waals surface area (Å²) >= 11 is 0. The van der Waals surface area contributed by atoms with Crippen molar-refractivity contribution in [2.24, 2.45) is 5.92 Å². The number of nitrogens with one attached hydrogen (secondary N) is 2. The van der Waals surface area contributed by atoms with E-state index in [9.17, 15) is 0 Å². The summed E-state index contributed by atoms with van der Waals surface area (Å²) < 4.78 is 0. The van der Waals surface area contributed by atoms with Crippen LogP contribution >= 0.6 is 0 Å². The van der Waals surface area contributed by atoms with E-state index in [0.717, 1.165) is 37.1 Å².